The Morgan fingerprint density at radius 3 is 2.35 bits per heavy atom. The molecule has 0 radical (unpaired) electrons. The Morgan fingerprint density at radius 2 is 1.65 bits per heavy atom. The van der Waals surface area contributed by atoms with Crippen molar-refractivity contribution in [1.29, 1.82) is 0 Å². The van der Waals surface area contributed by atoms with Crippen molar-refractivity contribution in [1.82, 2.24) is 13.9 Å². The lowest BCUT2D eigenvalue weighted by Gasteiger charge is -2.37. The molecule has 2 aliphatic heterocycles. The van der Waals surface area contributed by atoms with Crippen LogP contribution < -0.4 is 4.72 Å². The number of amides is 2. The average Bonchev–Trinajstić information content (AvgIpc) is 3.85. The van der Waals surface area contributed by atoms with Gasteiger partial charge < -0.3 is 9.32 Å². The summed E-state index contributed by atoms with van der Waals surface area (Å²) in [6.07, 6.45) is 11.5. The highest BCUT2D eigenvalue weighted by Gasteiger charge is 2.46. The van der Waals surface area contributed by atoms with Crippen LogP contribution >= 0.6 is 0 Å². The number of fused-ring (bicyclic) bond motifs is 1. The maximum absolute atomic E-state index is 14.2. The summed E-state index contributed by atoms with van der Waals surface area (Å²) in [5.41, 5.74) is 1.19. The third-order valence-corrected chi connectivity index (χ3v) is 12.8. The van der Waals surface area contributed by atoms with Crippen LogP contribution in [0.25, 0.3) is 11.0 Å². The first kappa shape index (κ1) is 33.1. The Balaban J connectivity index is 1.17. The van der Waals surface area contributed by atoms with Gasteiger partial charge in [-0.1, -0.05) is 45.1 Å². The Hall–Kier alpha value is -2.79. The first-order valence-electron chi connectivity index (χ1n) is 17.4. The SMILES string of the molecule is C[C@H](CF)C1CCC(C(=O)N2CC[C@@H](C3CCCCC3)[C@H]2C(=O)Cc2ccc3oc(C(=O)NS(=O)(=O)N4CCCC4)cc3c2)CC1. The second-order valence-electron chi connectivity index (χ2n) is 14.2. The summed E-state index contributed by atoms with van der Waals surface area (Å²) in [6, 6.07) is 6.38. The molecule has 1 aromatic heterocycles. The lowest BCUT2D eigenvalue weighted by molar-refractivity contribution is -0.143. The topological polar surface area (TPSA) is 117 Å². The number of ketones is 1. The first-order chi connectivity index (χ1) is 22.1. The molecule has 9 nitrogen and oxygen atoms in total. The summed E-state index contributed by atoms with van der Waals surface area (Å²) in [4.78, 5) is 42.8. The van der Waals surface area contributed by atoms with Crippen molar-refractivity contribution in [3.05, 3.63) is 35.6 Å². The molecule has 6 rings (SSSR count). The molecule has 2 saturated heterocycles. The number of Topliss-reactive ketones (excluding diaryl/α,β-unsaturated/α-hetero) is 1. The zero-order chi connectivity index (χ0) is 32.4. The summed E-state index contributed by atoms with van der Waals surface area (Å²) in [6.45, 7) is 3.00. The molecule has 2 saturated carbocycles. The summed E-state index contributed by atoms with van der Waals surface area (Å²) >= 11 is 0. The number of halogens is 1. The summed E-state index contributed by atoms with van der Waals surface area (Å²) in [5, 5.41) is 0.608. The fraction of sp³-hybridized carbons (Fsp3) is 0.686. The zero-order valence-corrected chi connectivity index (χ0v) is 27.7. The van der Waals surface area contributed by atoms with Crippen molar-refractivity contribution < 1.29 is 31.6 Å². The maximum Gasteiger partial charge on any atom is 0.304 e. The van der Waals surface area contributed by atoms with Crippen LogP contribution in [-0.4, -0.2) is 67.6 Å². The summed E-state index contributed by atoms with van der Waals surface area (Å²) in [7, 11) is -3.94. The van der Waals surface area contributed by atoms with Gasteiger partial charge in [0.25, 0.3) is 0 Å². The normalized spacial score (nSPS) is 27.2. The van der Waals surface area contributed by atoms with E-state index in [-0.39, 0.29) is 48.3 Å². The van der Waals surface area contributed by atoms with Crippen molar-refractivity contribution in [3.8, 4) is 0 Å². The highest BCUT2D eigenvalue weighted by atomic mass is 32.2. The Labute approximate surface area is 271 Å². The number of carbonyl (C=O) groups excluding carboxylic acids is 3. The maximum atomic E-state index is 14.2. The Kier molecular flexibility index (Phi) is 10.2. The Morgan fingerprint density at radius 1 is 0.935 bits per heavy atom. The molecular weight excluding hydrogens is 609 g/mol. The van der Waals surface area contributed by atoms with E-state index in [0.29, 0.717) is 42.4 Å². The second kappa shape index (κ2) is 14.1. The van der Waals surface area contributed by atoms with Gasteiger partial charge in [-0.25, -0.2) is 4.72 Å². The molecule has 0 spiro atoms. The minimum absolute atomic E-state index is 0.0221. The lowest BCUT2D eigenvalue weighted by Crippen LogP contribution is -2.48. The van der Waals surface area contributed by atoms with Crippen LogP contribution in [0, 0.1) is 29.6 Å². The third kappa shape index (κ3) is 7.05. The van der Waals surface area contributed by atoms with Gasteiger partial charge in [-0.2, -0.15) is 12.7 Å². The molecule has 3 atom stereocenters. The van der Waals surface area contributed by atoms with Crippen LogP contribution in [0.2, 0.25) is 0 Å². The number of nitrogens with zero attached hydrogens (tertiary/aromatic N) is 2. The highest BCUT2D eigenvalue weighted by Crippen LogP contribution is 2.42. The monoisotopic (exact) mass is 657 g/mol. The fourth-order valence-corrected chi connectivity index (χ4v) is 9.81. The van der Waals surface area contributed by atoms with E-state index >= 15 is 0 Å². The number of hydrogen-bond acceptors (Lipinski definition) is 6. The van der Waals surface area contributed by atoms with Gasteiger partial charge in [0.15, 0.2) is 11.5 Å². The van der Waals surface area contributed by atoms with E-state index in [2.05, 4.69) is 4.72 Å². The van der Waals surface area contributed by atoms with Crippen LogP contribution in [0.5, 0.6) is 0 Å². The van der Waals surface area contributed by atoms with Crippen LogP contribution in [0.3, 0.4) is 0 Å². The van der Waals surface area contributed by atoms with Gasteiger partial charge in [0.2, 0.25) is 5.91 Å². The van der Waals surface area contributed by atoms with Crippen LogP contribution in [0.4, 0.5) is 4.39 Å². The molecule has 0 unspecified atom stereocenters. The number of rotatable bonds is 10. The van der Waals surface area contributed by atoms with Crippen LogP contribution in [0.15, 0.2) is 28.7 Å². The minimum atomic E-state index is -3.94. The number of likely N-dealkylation sites (tertiary alicyclic amines) is 1. The largest absolute Gasteiger partial charge is 0.451 e. The van der Waals surface area contributed by atoms with Gasteiger partial charge in [0.05, 0.1) is 12.7 Å². The first-order valence-corrected chi connectivity index (χ1v) is 18.8. The fourth-order valence-electron chi connectivity index (χ4n) is 8.61. The molecule has 4 fully saturated rings. The smallest absolute Gasteiger partial charge is 0.304 e. The molecule has 1 aromatic carbocycles. The molecule has 252 valence electrons. The van der Waals surface area contributed by atoms with Crippen LogP contribution in [-0.2, 0) is 26.2 Å². The highest BCUT2D eigenvalue weighted by molar-refractivity contribution is 7.87. The van der Waals surface area contributed by atoms with Crippen molar-refractivity contribution in [3.63, 3.8) is 0 Å². The Bertz CT molecular complexity index is 1520. The van der Waals surface area contributed by atoms with Crippen LogP contribution in [0.1, 0.15) is 100 Å². The molecular formula is C35H48FN3O6S. The predicted octanol–water partition coefficient (Wildman–Crippen LogP) is 5.82. The van der Waals surface area contributed by atoms with Gasteiger partial charge in [0.1, 0.15) is 5.58 Å². The van der Waals surface area contributed by atoms with Crippen molar-refractivity contribution in [2.75, 3.05) is 26.3 Å². The quantitative estimate of drug-likeness (QED) is 0.344. The number of alkyl halides is 1. The van der Waals surface area contributed by atoms with E-state index in [1.807, 2.05) is 17.9 Å². The molecule has 2 aromatic rings. The van der Waals surface area contributed by atoms with E-state index in [1.165, 1.54) is 29.6 Å². The van der Waals surface area contributed by atoms with E-state index in [1.54, 1.807) is 12.1 Å². The molecule has 2 aliphatic carbocycles. The molecule has 46 heavy (non-hydrogen) atoms. The summed E-state index contributed by atoms with van der Waals surface area (Å²) in [5.74, 6) is 0.0242. The lowest BCUT2D eigenvalue weighted by atomic mass is 9.74. The molecule has 4 aliphatic rings. The number of nitrogens with one attached hydrogen (secondary N) is 1. The standard InChI is InChI=1S/C35H48FN3O6S/c1-23(22-36)25-10-12-27(13-11-25)35(42)39-18-15-29(26-7-3-2-4-8-26)33(39)30(40)20-24-9-14-31-28(19-24)21-32(45-31)34(41)37-46(43,44)38-16-5-6-17-38/h9,14,19,21,23,25-27,29,33H,2-8,10-13,15-18,20,22H2,1H3,(H,37,41)/t23-,25?,27?,29+,33+/m1/s1. The van der Waals surface area contributed by atoms with E-state index in [0.717, 1.165) is 63.4 Å². The van der Waals surface area contributed by atoms with Gasteiger partial charge >= 0.3 is 16.1 Å². The number of benzene rings is 1. The predicted molar refractivity (Wildman–Crippen MR) is 173 cm³/mol. The van der Waals surface area contributed by atoms with Crippen molar-refractivity contribution in [2.24, 2.45) is 29.6 Å². The average molecular weight is 658 g/mol. The van der Waals surface area contributed by atoms with Crippen molar-refractivity contribution >= 4 is 38.8 Å². The molecule has 0 bridgehead atoms. The number of hydrogen-bond donors (Lipinski definition) is 1. The second-order valence-corrected chi connectivity index (χ2v) is 15.9. The van der Waals surface area contributed by atoms with E-state index in [9.17, 15) is 27.2 Å². The zero-order valence-electron chi connectivity index (χ0n) is 26.9. The van der Waals surface area contributed by atoms with Gasteiger partial charge in [-0.3, -0.25) is 18.8 Å². The van der Waals surface area contributed by atoms with Gasteiger partial charge in [-0.05, 0) is 92.4 Å². The minimum Gasteiger partial charge on any atom is -0.451 e. The third-order valence-electron chi connectivity index (χ3n) is 11.3. The summed E-state index contributed by atoms with van der Waals surface area (Å²) < 4.78 is 47.5. The van der Waals surface area contributed by atoms with Gasteiger partial charge in [0, 0.05) is 37.4 Å². The van der Waals surface area contributed by atoms with E-state index < -0.39 is 22.2 Å². The van der Waals surface area contributed by atoms with Crippen molar-refractivity contribution in [2.45, 2.75) is 96.4 Å². The van der Waals surface area contributed by atoms with E-state index in [4.69, 9.17) is 4.42 Å². The molecule has 1 N–H and O–H groups in total. The molecule has 3 heterocycles. The number of furan rings is 1. The molecule has 11 heteroatoms. The number of carbonyl (C=O) groups is 3. The van der Waals surface area contributed by atoms with Gasteiger partial charge in [-0.15, -0.1) is 0 Å². The molecule has 2 amide bonds.